The highest BCUT2D eigenvalue weighted by Gasteiger charge is 2.42. The summed E-state index contributed by atoms with van der Waals surface area (Å²) in [5, 5.41) is 12.3. The number of halogens is 3. The maximum Gasteiger partial charge on any atom is 0.416 e. The molecule has 2 bridgehead atoms. The first kappa shape index (κ1) is 21.2. The van der Waals surface area contributed by atoms with Crippen molar-refractivity contribution in [3.05, 3.63) is 83.6 Å². The molecule has 6 rings (SSSR count). The number of aliphatic hydroxyl groups excluding tert-OH is 1. The molecule has 0 saturated carbocycles. The van der Waals surface area contributed by atoms with E-state index in [2.05, 4.69) is 16.0 Å². The molecule has 0 amide bonds. The van der Waals surface area contributed by atoms with Gasteiger partial charge in [-0.1, -0.05) is 42.5 Å². The average molecular weight is 438 g/mol. The highest BCUT2D eigenvalue weighted by atomic mass is 19.4. The maximum atomic E-state index is 13.0. The van der Waals surface area contributed by atoms with E-state index >= 15 is 0 Å². The molecule has 3 saturated heterocycles. The summed E-state index contributed by atoms with van der Waals surface area (Å²) >= 11 is 0. The summed E-state index contributed by atoms with van der Waals surface area (Å²) in [5.74, 6) is 0.686. The van der Waals surface area contributed by atoms with Crippen LogP contribution in [0.15, 0.2) is 66.9 Å². The van der Waals surface area contributed by atoms with Crippen LogP contribution in [0, 0.1) is 11.8 Å². The molecule has 3 nitrogen and oxygen atoms in total. The van der Waals surface area contributed by atoms with Gasteiger partial charge in [0.15, 0.2) is 0 Å². The molecule has 166 valence electrons. The predicted octanol–water partition coefficient (Wildman–Crippen LogP) is 5.71. The fourth-order valence-corrected chi connectivity index (χ4v) is 5.29. The van der Waals surface area contributed by atoms with E-state index in [0.717, 1.165) is 48.5 Å². The van der Waals surface area contributed by atoms with Gasteiger partial charge in [-0.2, -0.15) is 13.2 Å². The molecule has 3 aromatic rings. The number of benzene rings is 2. The van der Waals surface area contributed by atoms with Crippen molar-refractivity contribution in [3.63, 3.8) is 0 Å². The van der Waals surface area contributed by atoms with Gasteiger partial charge in [0.2, 0.25) is 0 Å². The van der Waals surface area contributed by atoms with E-state index in [1.807, 2.05) is 36.4 Å². The molecule has 3 fully saturated rings. The molecule has 2 aromatic carbocycles. The first-order valence-corrected chi connectivity index (χ1v) is 11.0. The molecule has 0 radical (unpaired) electrons. The quantitative estimate of drug-likeness (QED) is 0.567. The topological polar surface area (TPSA) is 36.4 Å². The van der Waals surface area contributed by atoms with E-state index in [1.165, 1.54) is 12.1 Å². The van der Waals surface area contributed by atoms with Crippen molar-refractivity contribution < 1.29 is 18.3 Å². The van der Waals surface area contributed by atoms with Gasteiger partial charge in [-0.25, -0.2) is 0 Å². The van der Waals surface area contributed by atoms with Crippen LogP contribution in [-0.4, -0.2) is 34.1 Å². The highest BCUT2D eigenvalue weighted by molar-refractivity contribution is 5.82. The summed E-state index contributed by atoms with van der Waals surface area (Å²) in [7, 11) is 0. The fourth-order valence-electron chi connectivity index (χ4n) is 5.29. The monoisotopic (exact) mass is 438 g/mol. The van der Waals surface area contributed by atoms with Gasteiger partial charge >= 0.3 is 6.18 Å². The lowest BCUT2D eigenvalue weighted by Crippen LogP contribution is -2.54. The van der Waals surface area contributed by atoms with Crippen LogP contribution in [0.25, 0.3) is 17.0 Å². The molecule has 1 unspecified atom stereocenters. The van der Waals surface area contributed by atoms with Crippen LogP contribution >= 0.6 is 0 Å². The standard InChI is InChI=1S/C26H25F3N2O/c27-26(28,29)20-5-3-4-17(14-20)8-9-19-16-31-13-11-18(19)15-24(31)25(32)22-10-12-30-23-7-2-1-6-21(22)23/h1-10,12,14,18-19,24-25,32H,11,13,15-16H2/b9-8+/t18-,19-,24+,25-/m0/s1. The Morgan fingerprint density at radius 3 is 2.72 bits per heavy atom. The zero-order valence-electron chi connectivity index (χ0n) is 17.5. The molecule has 1 aromatic heterocycles. The third kappa shape index (κ3) is 4.05. The van der Waals surface area contributed by atoms with E-state index in [1.54, 1.807) is 12.3 Å². The Labute approximate surface area is 185 Å². The second kappa shape index (κ2) is 8.34. The molecule has 4 heterocycles. The van der Waals surface area contributed by atoms with Crippen molar-refractivity contribution in [1.82, 2.24) is 9.88 Å². The van der Waals surface area contributed by atoms with Gasteiger partial charge in [0.1, 0.15) is 0 Å². The molecule has 3 aliphatic heterocycles. The number of aromatic nitrogens is 1. The zero-order valence-corrected chi connectivity index (χ0v) is 17.5. The normalized spacial score (nSPS) is 26.6. The van der Waals surface area contributed by atoms with Gasteiger partial charge in [0.25, 0.3) is 0 Å². The second-order valence-corrected chi connectivity index (χ2v) is 8.86. The summed E-state index contributed by atoms with van der Waals surface area (Å²) in [6.45, 7) is 1.74. The first-order chi connectivity index (χ1) is 15.4. The smallest absolute Gasteiger partial charge is 0.387 e. The summed E-state index contributed by atoms with van der Waals surface area (Å²) in [6.07, 6.45) is 2.59. The number of aliphatic hydroxyl groups is 1. The van der Waals surface area contributed by atoms with E-state index in [0.29, 0.717) is 11.5 Å². The van der Waals surface area contributed by atoms with Crippen molar-refractivity contribution in [2.45, 2.75) is 31.2 Å². The third-order valence-corrected chi connectivity index (χ3v) is 6.97. The summed E-state index contributed by atoms with van der Waals surface area (Å²) < 4.78 is 38.9. The Morgan fingerprint density at radius 1 is 1.09 bits per heavy atom. The van der Waals surface area contributed by atoms with E-state index in [9.17, 15) is 18.3 Å². The van der Waals surface area contributed by atoms with Crippen LogP contribution in [-0.2, 0) is 6.18 Å². The number of para-hydroxylation sites is 1. The van der Waals surface area contributed by atoms with Crippen LogP contribution in [0.5, 0.6) is 0 Å². The van der Waals surface area contributed by atoms with Crippen molar-refractivity contribution in [3.8, 4) is 0 Å². The van der Waals surface area contributed by atoms with Gasteiger partial charge in [-0.3, -0.25) is 9.88 Å². The maximum absolute atomic E-state index is 13.0. The largest absolute Gasteiger partial charge is 0.416 e. The minimum Gasteiger partial charge on any atom is -0.387 e. The summed E-state index contributed by atoms with van der Waals surface area (Å²) in [4.78, 5) is 6.73. The number of nitrogens with zero attached hydrogens (tertiary/aromatic N) is 2. The van der Waals surface area contributed by atoms with Crippen molar-refractivity contribution in [2.24, 2.45) is 11.8 Å². The molecule has 0 spiro atoms. The van der Waals surface area contributed by atoms with Crippen LogP contribution in [0.1, 0.15) is 35.6 Å². The second-order valence-electron chi connectivity index (χ2n) is 8.86. The number of alkyl halides is 3. The van der Waals surface area contributed by atoms with Gasteiger partial charge in [-0.15, -0.1) is 0 Å². The van der Waals surface area contributed by atoms with Gasteiger partial charge in [0.05, 0.1) is 17.2 Å². The molecule has 3 aliphatic rings. The minimum atomic E-state index is -4.33. The number of piperidine rings is 3. The third-order valence-electron chi connectivity index (χ3n) is 6.97. The molecule has 1 N–H and O–H groups in total. The van der Waals surface area contributed by atoms with Crippen LogP contribution in [0.3, 0.4) is 0 Å². The SMILES string of the molecule is O[C@@H](c1ccnc2ccccc12)[C@H]1C[C@@H]2CCN1C[C@@H]2/C=C/c1cccc(C(F)(F)F)c1. The highest BCUT2D eigenvalue weighted by Crippen LogP contribution is 2.42. The van der Waals surface area contributed by atoms with Crippen LogP contribution in [0.2, 0.25) is 0 Å². The lowest BCUT2D eigenvalue weighted by molar-refractivity contribution is -0.137. The van der Waals surface area contributed by atoms with E-state index < -0.39 is 17.8 Å². The fraction of sp³-hybridized carbons (Fsp3) is 0.346. The Morgan fingerprint density at radius 2 is 1.94 bits per heavy atom. The number of fused-ring (bicyclic) bond motifs is 4. The minimum absolute atomic E-state index is 0.0396. The van der Waals surface area contributed by atoms with Crippen molar-refractivity contribution >= 4 is 17.0 Å². The lowest BCUT2D eigenvalue weighted by Gasteiger charge is -2.50. The Hall–Kier alpha value is -2.70. The molecule has 0 aliphatic carbocycles. The van der Waals surface area contributed by atoms with Crippen molar-refractivity contribution in [1.29, 1.82) is 0 Å². The first-order valence-electron chi connectivity index (χ1n) is 11.0. The van der Waals surface area contributed by atoms with Crippen molar-refractivity contribution in [2.75, 3.05) is 13.1 Å². The Balaban J connectivity index is 1.32. The summed E-state index contributed by atoms with van der Waals surface area (Å²) in [6, 6.07) is 15.2. The van der Waals surface area contributed by atoms with Gasteiger partial charge in [-0.05, 0) is 66.6 Å². The van der Waals surface area contributed by atoms with Gasteiger partial charge < -0.3 is 5.11 Å². The molecule has 6 heteroatoms. The Bertz CT molecular complexity index is 1140. The molecule has 32 heavy (non-hydrogen) atoms. The van der Waals surface area contributed by atoms with E-state index in [-0.39, 0.29) is 12.0 Å². The average Bonchev–Trinajstić information content (AvgIpc) is 2.82. The van der Waals surface area contributed by atoms with Crippen LogP contribution < -0.4 is 0 Å². The number of hydrogen-bond donors (Lipinski definition) is 1. The predicted molar refractivity (Wildman–Crippen MR) is 119 cm³/mol. The number of pyridine rings is 1. The number of hydrogen-bond acceptors (Lipinski definition) is 3. The lowest BCUT2D eigenvalue weighted by atomic mass is 9.73. The van der Waals surface area contributed by atoms with E-state index in [4.69, 9.17) is 0 Å². The molecule has 5 atom stereocenters. The molecular weight excluding hydrogens is 413 g/mol. The zero-order chi connectivity index (χ0) is 22.3. The Kier molecular flexibility index (Phi) is 5.51. The number of rotatable bonds is 4. The van der Waals surface area contributed by atoms with Crippen LogP contribution in [0.4, 0.5) is 13.2 Å². The molecular formula is C26H25F3N2O. The summed E-state index contributed by atoms with van der Waals surface area (Å²) in [5.41, 5.74) is 1.73. The van der Waals surface area contributed by atoms with Gasteiger partial charge in [0, 0.05) is 24.2 Å².